The van der Waals surface area contributed by atoms with Crippen molar-refractivity contribution in [1.82, 2.24) is 0 Å². The number of carbonyl (C=O) groups is 3. The molecule has 0 fully saturated rings. The zero-order valence-electron chi connectivity index (χ0n) is 9.39. The Bertz CT molecular complexity index is 603. The number of amides is 1. The molecule has 1 atom stereocenters. The summed E-state index contributed by atoms with van der Waals surface area (Å²) in [5.41, 5.74) is 5.46. The molecule has 0 aromatic heterocycles. The Balaban J connectivity index is 2.50. The van der Waals surface area contributed by atoms with Crippen molar-refractivity contribution in [2.24, 2.45) is 5.73 Å². The molecule has 1 amide bonds. The molecule has 1 unspecified atom stereocenters. The predicted octanol–water partition coefficient (Wildman–Crippen LogP) is 0.935. The predicted molar refractivity (Wildman–Crippen MR) is 68.8 cm³/mol. The van der Waals surface area contributed by atoms with Crippen LogP contribution in [0, 0.1) is 0 Å². The molecule has 100 valence electrons. The number of hydrogen-bond acceptors (Lipinski definition) is 4. The van der Waals surface area contributed by atoms with Crippen LogP contribution in [0.2, 0.25) is 10.0 Å². The van der Waals surface area contributed by atoms with Crippen LogP contribution in [0.25, 0.3) is 0 Å². The third kappa shape index (κ3) is 2.18. The van der Waals surface area contributed by atoms with Crippen LogP contribution in [0.15, 0.2) is 12.1 Å². The van der Waals surface area contributed by atoms with Crippen molar-refractivity contribution in [2.75, 3.05) is 11.4 Å². The van der Waals surface area contributed by atoms with Crippen molar-refractivity contribution in [3.05, 3.63) is 27.7 Å². The first-order valence-electron chi connectivity index (χ1n) is 5.17. The Kier molecular flexibility index (Phi) is 3.49. The molecule has 0 saturated carbocycles. The highest BCUT2D eigenvalue weighted by molar-refractivity contribution is 6.57. The fourth-order valence-electron chi connectivity index (χ4n) is 1.80. The quantitative estimate of drug-likeness (QED) is 0.809. The Morgan fingerprint density at radius 3 is 2.47 bits per heavy atom. The van der Waals surface area contributed by atoms with Gasteiger partial charge in [0.25, 0.3) is 11.7 Å². The van der Waals surface area contributed by atoms with Gasteiger partial charge in [0.1, 0.15) is 6.04 Å². The maximum Gasteiger partial charge on any atom is 0.322 e. The van der Waals surface area contributed by atoms with E-state index in [-0.39, 0.29) is 27.8 Å². The van der Waals surface area contributed by atoms with Crippen LogP contribution in [-0.2, 0) is 9.59 Å². The summed E-state index contributed by atoms with van der Waals surface area (Å²) in [5.74, 6) is -2.99. The molecule has 3 N–H and O–H groups in total. The van der Waals surface area contributed by atoms with Gasteiger partial charge in [0, 0.05) is 0 Å². The lowest BCUT2D eigenvalue weighted by atomic mass is 10.1. The molecular weight excluding hydrogens is 295 g/mol. The molecule has 19 heavy (non-hydrogen) atoms. The van der Waals surface area contributed by atoms with E-state index < -0.39 is 23.7 Å². The lowest BCUT2D eigenvalue weighted by molar-refractivity contribution is -0.138. The minimum absolute atomic E-state index is 0.0169. The first-order valence-corrected chi connectivity index (χ1v) is 5.92. The van der Waals surface area contributed by atoms with Gasteiger partial charge in [-0.15, -0.1) is 0 Å². The molecule has 2 rings (SSSR count). The number of rotatable bonds is 3. The molecule has 0 radical (unpaired) electrons. The lowest BCUT2D eigenvalue weighted by Crippen LogP contribution is -2.44. The Hall–Kier alpha value is -1.63. The second-order valence-electron chi connectivity index (χ2n) is 3.94. The van der Waals surface area contributed by atoms with Crippen LogP contribution in [0.4, 0.5) is 5.69 Å². The zero-order valence-corrected chi connectivity index (χ0v) is 10.9. The third-order valence-electron chi connectivity index (χ3n) is 2.71. The number of aliphatic carboxylic acids is 1. The fraction of sp³-hybridized carbons (Fsp3) is 0.182. The van der Waals surface area contributed by atoms with E-state index in [0.29, 0.717) is 0 Å². The van der Waals surface area contributed by atoms with Crippen molar-refractivity contribution < 1.29 is 19.5 Å². The summed E-state index contributed by atoms with van der Waals surface area (Å²) in [7, 11) is 0. The van der Waals surface area contributed by atoms with Gasteiger partial charge < -0.3 is 15.7 Å². The SMILES string of the molecule is NC(CN1C(=O)C(=O)c2c(Cl)ccc(Cl)c21)C(=O)O. The Morgan fingerprint density at radius 1 is 1.32 bits per heavy atom. The number of carboxylic acids is 1. The molecule has 1 aromatic carbocycles. The van der Waals surface area contributed by atoms with Gasteiger partial charge in [-0.3, -0.25) is 14.4 Å². The molecule has 1 aliphatic rings. The summed E-state index contributed by atoms with van der Waals surface area (Å²) in [6.45, 7) is -0.354. The van der Waals surface area contributed by atoms with Crippen LogP contribution in [-0.4, -0.2) is 35.4 Å². The largest absolute Gasteiger partial charge is 0.480 e. The number of nitrogens with zero attached hydrogens (tertiary/aromatic N) is 1. The highest BCUT2D eigenvalue weighted by atomic mass is 35.5. The van der Waals surface area contributed by atoms with E-state index in [0.717, 1.165) is 4.90 Å². The number of halogens is 2. The summed E-state index contributed by atoms with van der Waals surface area (Å²) in [6.07, 6.45) is 0. The van der Waals surface area contributed by atoms with E-state index in [4.69, 9.17) is 34.0 Å². The maximum absolute atomic E-state index is 11.8. The van der Waals surface area contributed by atoms with Crippen molar-refractivity contribution in [2.45, 2.75) is 6.04 Å². The van der Waals surface area contributed by atoms with Gasteiger partial charge in [-0.1, -0.05) is 23.2 Å². The number of carbonyl (C=O) groups excluding carboxylic acids is 2. The van der Waals surface area contributed by atoms with E-state index in [1.807, 2.05) is 0 Å². The highest BCUT2D eigenvalue weighted by Crippen LogP contribution is 2.39. The number of nitrogens with two attached hydrogens (primary N) is 1. The zero-order chi connectivity index (χ0) is 14.3. The second-order valence-corrected chi connectivity index (χ2v) is 4.76. The van der Waals surface area contributed by atoms with E-state index in [1.54, 1.807) is 0 Å². The molecule has 0 spiro atoms. The van der Waals surface area contributed by atoms with Gasteiger partial charge in [-0.05, 0) is 12.1 Å². The van der Waals surface area contributed by atoms with Crippen molar-refractivity contribution in [3.63, 3.8) is 0 Å². The van der Waals surface area contributed by atoms with Crippen LogP contribution >= 0.6 is 23.2 Å². The molecule has 1 heterocycles. The first-order chi connectivity index (χ1) is 8.84. The summed E-state index contributed by atoms with van der Waals surface area (Å²) >= 11 is 11.8. The molecule has 0 bridgehead atoms. The standard InChI is InChI=1S/C11H8Cl2N2O4/c12-4-1-2-5(13)8-7(4)9(16)10(17)15(8)3-6(14)11(18)19/h1-2,6H,3,14H2,(H,18,19). The fourth-order valence-corrected chi connectivity index (χ4v) is 2.30. The topological polar surface area (TPSA) is 101 Å². The van der Waals surface area contributed by atoms with Crippen molar-refractivity contribution >= 4 is 46.5 Å². The highest BCUT2D eigenvalue weighted by Gasteiger charge is 2.40. The molecule has 6 nitrogen and oxygen atoms in total. The molecule has 0 aliphatic carbocycles. The molecule has 8 heteroatoms. The second kappa shape index (κ2) is 4.80. The van der Waals surface area contributed by atoms with E-state index >= 15 is 0 Å². The van der Waals surface area contributed by atoms with E-state index in [1.165, 1.54) is 12.1 Å². The van der Waals surface area contributed by atoms with Gasteiger partial charge in [0.05, 0.1) is 27.8 Å². The lowest BCUT2D eigenvalue weighted by Gasteiger charge is -2.19. The average molecular weight is 303 g/mol. The summed E-state index contributed by atoms with van der Waals surface area (Å²) < 4.78 is 0. The smallest absolute Gasteiger partial charge is 0.322 e. The van der Waals surface area contributed by atoms with Crippen LogP contribution in [0.1, 0.15) is 10.4 Å². The van der Waals surface area contributed by atoms with Crippen LogP contribution in [0.5, 0.6) is 0 Å². The number of carboxylic acid groups (broad SMARTS) is 1. The molecule has 1 aromatic rings. The van der Waals surface area contributed by atoms with Crippen LogP contribution < -0.4 is 10.6 Å². The first kappa shape index (κ1) is 13.8. The third-order valence-corrected chi connectivity index (χ3v) is 3.33. The van der Waals surface area contributed by atoms with Gasteiger partial charge in [0.2, 0.25) is 0 Å². The summed E-state index contributed by atoms with van der Waals surface area (Å²) in [4.78, 5) is 35.3. The summed E-state index contributed by atoms with van der Waals surface area (Å²) in [6, 6.07) is 1.50. The molecule has 0 saturated heterocycles. The van der Waals surface area contributed by atoms with Gasteiger partial charge >= 0.3 is 5.97 Å². The minimum Gasteiger partial charge on any atom is -0.480 e. The summed E-state index contributed by atoms with van der Waals surface area (Å²) in [5, 5.41) is 8.98. The minimum atomic E-state index is -1.32. The molecular formula is C11H8Cl2N2O4. The van der Waals surface area contributed by atoms with Crippen molar-refractivity contribution in [1.29, 1.82) is 0 Å². The number of anilines is 1. The van der Waals surface area contributed by atoms with E-state index in [9.17, 15) is 14.4 Å². The average Bonchev–Trinajstić information content (AvgIpc) is 2.60. The van der Waals surface area contributed by atoms with Crippen LogP contribution in [0.3, 0.4) is 0 Å². The number of ketones is 1. The normalized spacial score (nSPS) is 15.6. The van der Waals surface area contributed by atoms with Gasteiger partial charge in [-0.2, -0.15) is 0 Å². The number of fused-ring (bicyclic) bond motifs is 1. The molecule has 1 aliphatic heterocycles. The Labute approximate surface area is 117 Å². The number of Topliss-reactive ketones (excluding diaryl/α,β-unsaturated/α-hetero) is 1. The maximum atomic E-state index is 11.8. The number of benzene rings is 1. The van der Waals surface area contributed by atoms with Crippen molar-refractivity contribution in [3.8, 4) is 0 Å². The van der Waals surface area contributed by atoms with Gasteiger partial charge in [0.15, 0.2) is 0 Å². The van der Waals surface area contributed by atoms with E-state index in [2.05, 4.69) is 0 Å². The number of hydrogen-bond donors (Lipinski definition) is 2. The monoisotopic (exact) mass is 302 g/mol. The Morgan fingerprint density at radius 2 is 1.89 bits per heavy atom. The van der Waals surface area contributed by atoms with Gasteiger partial charge in [-0.25, -0.2) is 0 Å².